The maximum atomic E-state index is 5.27. The average Bonchev–Trinajstić information content (AvgIpc) is 3.20. The van der Waals surface area contributed by atoms with Gasteiger partial charge in [0, 0.05) is 39.1 Å². The normalized spacial score (nSPS) is 11.1. The van der Waals surface area contributed by atoms with E-state index in [2.05, 4.69) is 45.0 Å². The number of hydrogen-bond acceptors (Lipinski definition) is 3. The van der Waals surface area contributed by atoms with Crippen molar-refractivity contribution in [1.82, 2.24) is 20.4 Å². The molecule has 2 aromatic carbocycles. The fraction of sp³-hybridized carbons (Fsp3) is 0.300. The summed E-state index contributed by atoms with van der Waals surface area (Å²) in [6.45, 7) is 2.46. The van der Waals surface area contributed by atoms with Crippen LogP contribution in [0.1, 0.15) is 12.0 Å². The van der Waals surface area contributed by atoms with Crippen LogP contribution in [-0.2, 0) is 13.1 Å². The van der Waals surface area contributed by atoms with Crippen LogP contribution in [0.15, 0.2) is 59.9 Å². The third-order valence-corrected chi connectivity index (χ3v) is 4.21. The van der Waals surface area contributed by atoms with Gasteiger partial charge in [-0.25, -0.2) is 0 Å². The van der Waals surface area contributed by atoms with E-state index in [4.69, 9.17) is 4.74 Å². The van der Waals surface area contributed by atoms with Gasteiger partial charge >= 0.3 is 0 Å². The Morgan fingerprint density at radius 1 is 1.15 bits per heavy atom. The molecule has 0 atom stereocenters. The number of rotatable bonds is 7. The topological polar surface area (TPSA) is 63.5 Å². The first-order chi connectivity index (χ1) is 12.8. The molecule has 0 spiro atoms. The first kappa shape index (κ1) is 21.0. The number of benzene rings is 2. The van der Waals surface area contributed by atoms with Crippen LogP contribution in [0.2, 0.25) is 0 Å². The van der Waals surface area contributed by atoms with Crippen LogP contribution in [0.5, 0.6) is 5.75 Å². The summed E-state index contributed by atoms with van der Waals surface area (Å²) in [5, 5.41) is 13.3. The summed E-state index contributed by atoms with van der Waals surface area (Å²) in [5.74, 6) is 1.68. The zero-order chi connectivity index (χ0) is 18.2. The SMILES string of the molecule is CN=C(NCCCn1cccn1)NCc1ccc2cc(OC)ccc2c1.I. The molecule has 0 amide bonds. The molecule has 0 saturated heterocycles. The molecule has 0 saturated carbocycles. The lowest BCUT2D eigenvalue weighted by Crippen LogP contribution is -2.37. The number of methoxy groups -OCH3 is 1. The Morgan fingerprint density at radius 2 is 1.96 bits per heavy atom. The predicted molar refractivity (Wildman–Crippen MR) is 121 cm³/mol. The molecule has 1 aromatic heterocycles. The second kappa shape index (κ2) is 10.8. The first-order valence-corrected chi connectivity index (χ1v) is 8.77. The summed E-state index contributed by atoms with van der Waals surface area (Å²) in [7, 11) is 3.47. The molecular formula is C20H26IN5O. The van der Waals surface area contributed by atoms with Crippen LogP contribution in [-0.4, -0.2) is 36.4 Å². The average molecular weight is 479 g/mol. The van der Waals surface area contributed by atoms with Crippen LogP contribution in [0.3, 0.4) is 0 Å². The molecule has 7 heteroatoms. The highest BCUT2D eigenvalue weighted by atomic mass is 127. The molecule has 0 aliphatic carbocycles. The van der Waals surface area contributed by atoms with Gasteiger partial charge in [0.15, 0.2) is 5.96 Å². The molecule has 2 N–H and O–H groups in total. The van der Waals surface area contributed by atoms with Crippen molar-refractivity contribution in [2.24, 2.45) is 4.99 Å². The summed E-state index contributed by atoms with van der Waals surface area (Å²) in [4.78, 5) is 4.28. The van der Waals surface area contributed by atoms with Crippen LogP contribution >= 0.6 is 24.0 Å². The number of nitrogens with zero attached hydrogens (tertiary/aromatic N) is 3. The van der Waals surface area contributed by atoms with Gasteiger partial charge in [-0.15, -0.1) is 24.0 Å². The van der Waals surface area contributed by atoms with Crippen molar-refractivity contribution in [2.45, 2.75) is 19.5 Å². The van der Waals surface area contributed by atoms with Crippen molar-refractivity contribution < 1.29 is 4.74 Å². The number of ether oxygens (including phenoxy) is 1. The summed E-state index contributed by atoms with van der Waals surface area (Å²) in [6.07, 6.45) is 4.76. The van der Waals surface area contributed by atoms with Gasteiger partial charge in [-0.2, -0.15) is 5.10 Å². The summed E-state index contributed by atoms with van der Waals surface area (Å²) in [5.41, 5.74) is 1.21. The van der Waals surface area contributed by atoms with E-state index >= 15 is 0 Å². The number of aliphatic imine (C=N–C) groups is 1. The summed E-state index contributed by atoms with van der Waals surface area (Å²) >= 11 is 0. The standard InChI is InChI=1S/C20H25N5O.HI/c1-21-20(22-9-3-11-25-12-4-10-24-25)23-15-16-5-6-18-14-19(26-2)8-7-17(18)13-16;/h4-8,10,12-14H,3,9,11,15H2,1-2H3,(H2,21,22,23);1H. The van der Waals surface area contributed by atoms with Crippen molar-refractivity contribution in [1.29, 1.82) is 0 Å². The zero-order valence-corrected chi connectivity index (χ0v) is 18.0. The number of halogens is 1. The van der Waals surface area contributed by atoms with Crippen LogP contribution < -0.4 is 15.4 Å². The molecule has 1 heterocycles. The van der Waals surface area contributed by atoms with Gasteiger partial charge in [-0.05, 0) is 47.0 Å². The minimum atomic E-state index is 0. The van der Waals surface area contributed by atoms with Gasteiger partial charge in [0.25, 0.3) is 0 Å². The highest BCUT2D eigenvalue weighted by molar-refractivity contribution is 14.0. The van der Waals surface area contributed by atoms with Crippen molar-refractivity contribution in [3.05, 3.63) is 60.4 Å². The highest BCUT2D eigenvalue weighted by Gasteiger charge is 2.01. The van der Waals surface area contributed by atoms with E-state index in [1.165, 1.54) is 16.3 Å². The Bertz CT molecular complexity index is 864. The molecule has 6 nitrogen and oxygen atoms in total. The Hall–Kier alpha value is -2.29. The molecule has 0 radical (unpaired) electrons. The lowest BCUT2D eigenvalue weighted by Gasteiger charge is -2.12. The monoisotopic (exact) mass is 479 g/mol. The third kappa shape index (κ3) is 6.13. The summed E-state index contributed by atoms with van der Waals surface area (Å²) in [6, 6.07) is 14.5. The second-order valence-corrected chi connectivity index (χ2v) is 6.02. The Kier molecular flexibility index (Phi) is 8.38. The van der Waals surface area contributed by atoms with Crippen molar-refractivity contribution in [3.63, 3.8) is 0 Å². The van der Waals surface area contributed by atoms with Crippen LogP contribution in [0, 0.1) is 0 Å². The second-order valence-electron chi connectivity index (χ2n) is 6.02. The van der Waals surface area contributed by atoms with Crippen LogP contribution in [0.25, 0.3) is 10.8 Å². The van der Waals surface area contributed by atoms with Gasteiger partial charge in [0.05, 0.1) is 7.11 Å². The number of hydrogen-bond donors (Lipinski definition) is 2. The maximum Gasteiger partial charge on any atom is 0.191 e. The molecule has 0 aliphatic rings. The summed E-state index contributed by atoms with van der Waals surface area (Å²) < 4.78 is 7.21. The van der Waals surface area contributed by atoms with E-state index in [0.29, 0.717) is 0 Å². The minimum absolute atomic E-state index is 0. The van der Waals surface area contributed by atoms with E-state index in [9.17, 15) is 0 Å². The number of aromatic nitrogens is 2. The molecule has 0 unspecified atom stereocenters. The zero-order valence-electron chi connectivity index (χ0n) is 15.7. The Balaban J connectivity index is 0.00000261. The van der Waals surface area contributed by atoms with Crippen LogP contribution in [0.4, 0.5) is 0 Å². The van der Waals surface area contributed by atoms with E-state index in [-0.39, 0.29) is 24.0 Å². The molecule has 3 aromatic rings. The number of nitrogens with one attached hydrogen (secondary N) is 2. The van der Waals surface area contributed by atoms with E-state index in [1.54, 1.807) is 20.4 Å². The smallest absolute Gasteiger partial charge is 0.191 e. The molecule has 3 rings (SSSR count). The molecule has 0 bridgehead atoms. The largest absolute Gasteiger partial charge is 0.497 e. The molecule has 0 fully saturated rings. The van der Waals surface area contributed by atoms with E-state index in [1.807, 2.05) is 29.1 Å². The lowest BCUT2D eigenvalue weighted by atomic mass is 10.1. The van der Waals surface area contributed by atoms with Crippen molar-refractivity contribution in [2.75, 3.05) is 20.7 Å². The van der Waals surface area contributed by atoms with Gasteiger partial charge in [0.2, 0.25) is 0 Å². The first-order valence-electron chi connectivity index (χ1n) is 8.77. The maximum absolute atomic E-state index is 5.27. The Labute approximate surface area is 177 Å². The van der Waals surface area contributed by atoms with Crippen molar-refractivity contribution >= 4 is 40.7 Å². The number of guanidine groups is 1. The predicted octanol–water partition coefficient (Wildman–Crippen LogP) is 3.42. The van der Waals surface area contributed by atoms with Crippen molar-refractivity contribution in [3.8, 4) is 5.75 Å². The fourth-order valence-electron chi connectivity index (χ4n) is 2.80. The van der Waals surface area contributed by atoms with Gasteiger partial charge < -0.3 is 15.4 Å². The quantitative estimate of drug-likeness (QED) is 0.236. The minimum Gasteiger partial charge on any atom is -0.497 e. The van der Waals surface area contributed by atoms with Gasteiger partial charge in [-0.1, -0.05) is 18.2 Å². The molecule has 27 heavy (non-hydrogen) atoms. The Morgan fingerprint density at radius 3 is 2.70 bits per heavy atom. The fourth-order valence-corrected chi connectivity index (χ4v) is 2.80. The number of fused-ring (bicyclic) bond motifs is 1. The molecule has 0 aliphatic heterocycles. The van der Waals surface area contributed by atoms with Gasteiger partial charge in [0.1, 0.15) is 5.75 Å². The lowest BCUT2D eigenvalue weighted by molar-refractivity contribution is 0.415. The molecular weight excluding hydrogens is 453 g/mol. The third-order valence-electron chi connectivity index (χ3n) is 4.21. The van der Waals surface area contributed by atoms with E-state index < -0.39 is 0 Å². The van der Waals surface area contributed by atoms with E-state index in [0.717, 1.165) is 37.8 Å². The molecule has 144 valence electrons. The van der Waals surface area contributed by atoms with Gasteiger partial charge in [-0.3, -0.25) is 9.67 Å². The number of aryl methyl sites for hydroxylation is 1. The highest BCUT2D eigenvalue weighted by Crippen LogP contribution is 2.21.